The van der Waals surface area contributed by atoms with E-state index in [0.29, 0.717) is 21.7 Å². The van der Waals surface area contributed by atoms with Crippen LogP contribution in [0.15, 0.2) is 36.1 Å². The van der Waals surface area contributed by atoms with E-state index in [0.717, 1.165) is 23.7 Å². The lowest BCUT2D eigenvalue weighted by Crippen LogP contribution is -2.63. The summed E-state index contributed by atoms with van der Waals surface area (Å²) in [5.41, 5.74) is 4.95. The minimum atomic E-state index is 0.396. The number of hydrogen-bond donors (Lipinski definition) is 0. The van der Waals surface area contributed by atoms with Gasteiger partial charge in [-0.05, 0) is 111 Å². The molecule has 32 heavy (non-hydrogen) atoms. The number of fused-ring (bicyclic) bond motifs is 7. The van der Waals surface area contributed by atoms with Crippen LogP contribution in [0.25, 0.3) is 0 Å². The van der Waals surface area contributed by atoms with Crippen molar-refractivity contribution in [2.75, 3.05) is 14.1 Å². The molecule has 4 fully saturated rings. The molecule has 0 aliphatic heterocycles. The summed E-state index contributed by atoms with van der Waals surface area (Å²) in [6.45, 7) is 15.1. The highest BCUT2D eigenvalue weighted by molar-refractivity contribution is 5.27. The van der Waals surface area contributed by atoms with Crippen LogP contribution in [0.1, 0.15) is 98.3 Å². The summed E-state index contributed by atoms with van der Waals surface area (Å²) in [6.07, 6.45) is 22.8. The number of hydrogen-bond acceptors (Lipinski definition) is 1. The summed E-state index contributed by atoms with van der Waals surface area (Å²) in [6, 6.07) is 0. The minimum absolute atomic E-state index is 0.396. The summed E-state index contributed by atoms with van der Waals surface area (Å²) >= 11 is 0. The predicted molar refractivity (Wildman–Crippen MR) is 137 cm³/mol. The summed E-state index contributed by atoms with van der Waals surface area (Å²) < 4.78 is 0. The average Bonchev–Trinajstić information content (AvgIpc) is 3.19. The third-order valence-electron chi connectivity index (χ3n) is 12.6. The van der Waals surface area contributed by atoms with Gasteiger partial charge < -0.3 is 4.90 Å². The lowest BCUT2D eigenvalue weighted by atomic mass is 9.34. The average molecular weight is 436 g/mol. The van der Waals surface area contributed by atoms with E-state index in [9.17, 15) is 0 Å². The molecule has 0 aromatic rings. The molecule has 0 aromatic heterocycles. The molecule has 0 saturated heterocycles. The number of rotatable bonds is 3. The topological polar surface area (TPSA) is 3.24 Å². The Morgan fingerprint density at radius 2 is 1.75 bits per heavy atom. The summed E-state index contributed by atoms with van der Waals surface area (Å²) in [5.74, 6) is 3.55. The van der Waals surface area contributed by atoms with Gasteiger partial charge in [0.05, 0.1) is 0 Å². The van der Waals surface area contributed by atoms with Crippen molar-refractivity contribution >= 4 is 0 Å². The Kier molecular flexibility index (Phi) is 5.35. The normalized spacial score (nSPS) is 50.1. The summed E-state index contributed by atoms with van der Waals surface area (Å²) in [7, 11) is 4.47. The Morgan fingerprint density at radius 3 is 2.47 bits per heavy atom. The van der Waals surface area contributed by atoms with Gasteiger partial charge in [-0.2, -0.15) is 0 Å². The van der Waals surface area contributed by atoms with Crippen LogP contribution in [0.4, 0.5) is 0 Å². The Labute approximate surface area is 198 Å². The van der Waals surface area contributed by atoms with E-state index < -0.39 is 0 Å². The van der Waals surface area contributed by atoms with Crippen molar-refractivity contribution in [1.29, 1.82) is 0 Å². The van der Waals surface area contributed by atoms with Crippen LogP contribution in [-0.2, 0) is 0 Å². The molecule has 178 valence electrons. The maximum atomic E-state index is 4.67. The smallest absolute Gasteiger partial charge is 0.0128 e. The van der Waals surface area contributed by atoms with Crippen LogP contribution in [0.5, 0.6) is 0 Å². The Morgan fingerprint density at radius 1 is 0.969 bits per heavy atom. The third kappa shape index (κ3) is 2.81. The highest BCUT2D eigenvalue weighted by atomic mass is 15.1. The van der Waals surface area contributed by atoms with Crippen molar-refractivity contribution in [3.63, 3.8) is 0 Å². The number of allylic oxidation sites excluding steroid dienone is 5. The molecule has 0 aromatic carbocycles. The Hall–Kier alpha value is -0.980. The van der Waals surface area contributed by atoms with Crippen molar-refractivity contribution < 1.29 is 0 Å². The van der Waals surface area contributed by atoms with Gasteiger partial charge >= 0.3 is 0 Å². The van der Waals surface area contributed by atoms with Gasteiger partial charge in [-0.3, -0.25) is 0 Å². The Balaban J connectivity index is 1.49. The SMILES string of the molecule is C=C(N(C)C)C12CCCC1C1CCC3C4(C)CC=C(/C=C/C)CC4CCC3(C)[C@]1(C)CC2. The molecule has 0 N–H and O–H groups in total. The van der Waals surface area contributed by atoms with E-state index in [1.54, 1.807) is 5.57 Å². The number of nitrogens with zero attached hydrogens (tertiary/aromatic N) is 1. The largest absolute Gasteiger partial charge is 0.381 e. The molecule has 0 spiro atoms. The first-order valence-corrected chi connectivity index (χ1v) is 13.8. The molecule has 0 amide bonds. The van der Waals surface area contributed by atoms with Gasteiger partial charge in [0.1, 0.15) is 0 Å². The summed E-state index contributed by atoms with van der Waals surface area (Å²) in [4.78, 5) is 2.36. The minimum Gasteiger partial charge on any atom is -0.381 e. The molecule has 5 aliphatic carbocycles. The Bertz CT molecular complexity index is 833. The van der Waals surface area contributed by atoms with Gasteiger partial charge in [-0.15, -0.1) is 0 Å². The van der Waals surface area contributed by atoms with Crippen LogP contribution in [0, 0.1) is 45.3 Å². The van der Waals surface area contributed by atoms with Crippen molar-refractivity contribution in [1.82, 2.24) is 4.90 Å². The van der Waals surface area contributed by atoms with Gasteiger partial charge in [0, 0.05) is 25.2 Å². The van der Waals surface area contributed by atoms with Gasteiger partial charge in [0.2, 0.25) is 0 Å². The first kappa shape index (κ1) is 22.8. The third-order valence-corrected chi connectivity index (χ3v) is 12.6. The molecule has 5 aliphatic rings. The lowest BCUT2D eigenvalue weighted by Gasteiger charge is -2.71. The second kappa shape index (κ2) is 7.51. The van der Waals surface area contributed by atoms with Gasteiger partial charge in [-0.25, -0.2) is 0 Å². The zero-order valence-electron chi connectivity index (χ0n) is 22.0. The quantitative estimate of drug-likeness (QED) is 0.430. The van der Waals surface area contributed by atoms with E-state index >= 15 is 0 Å². The van der Waals surface area contributed by atoms with Gasteiger partial charge in [0.15, 0.2) is 0 Å². The summed E-state index contributed by atoms with van der Waals surface area (Å²) in [5, 5.41) is 0. The molecule has 4 saturated carbocycles. The molecule has 0 radical (unpaired) electrons. The molecule has 7 unspecified atom stereocenters. The van der Waals surface area contributed by atoms with Crippen molar-refractivity contribution in [3.05, 3.63) is 36.1 Å². The molecule has 8 atom stereocenters. The molecular formula is C31H49N. The monoisotopic (exact) mass is 435 g/mol. The van der Waals surface area contributed by atoms with E-state index in [4.69, 9.17) is 0 Å². The second-order valence-electron chi connectivity index (χ2n) is 13.5. The van der Waals surface area contributed by atoms with Crippen molar-refractivity contribution in [3.8, 4) is 0 Å². The fourth-order valence-corrected chi connectivity index (χ4v) is 10.7. The molecule has 5 rings (SSSR count). The standard InChI is InChI=1S/C31H49N/c1-8-10-23-14-17-28(3)24(21-23)15-18-30(5)27(28)13-12-25-26-11-9-16-31(26,22(2)32(6)7)20-19-29(25,30)4/h8,10,14,24-27H,2,9,11-13,15-21H2,1,3-7H3/b10-8+/t24?,25?,26?,27?,28?,29-,30?,31?/m1/s1. The second-order valence-corrected chi connectivity index (χ2v) is 13.5. The molecule has 1 nitrogen and oxygen atoms in total. The molecule has 0 bridgehead atoms. The van der Waals surface area contributed by atoms with E-state index in [1.807, 2.05) is 0 Å². The van der Waals surface area contributed by atoms with Crippen LogP contribution in [0.3, 0.4) is 0 Å². The van der Waals surface area contributed by atoms with E-state index in [2.05, 4.69) is 71.5 Å². The van der Waals surface area contributed by atoms with E-state index in [-0.39, 0.29) is 0 Å². The highest BCUT2D eigenvalue weighted by Crippen LogP contribution is 2.76. The highest BCUT2D eigenvalue weighted by Gasteiger charge is 2.68. The van der Waals surface area contributed by atoms with E-state index in [1.165, 1.54) is 76.3 Å². The van der Waals surface area contributed by atoms with Crippen molar-refractivity contribution in [2.45, 2.75) is 98.3 Å². The molecular weight excluding hydrogens is 386 g/mol. The van der Waals surface area contributed by atoms with Gasteiger partial charge in [-0.1, -0.05) is 57.6 Å². The fraction of sp³-hybridized carbons (Fsp3) is 0.806. The first-order valence-electron chi connectivity index (χ1n) is 13.8. The molecule has 0 heterocycles. The predicted octanol–water partition coefficient (Wildman–Crippen LogP) is 8.39. The van der Waals surface area contributed by atoms with Gasteiger partial charge in [0.25, 0.3) is 0 Å². The zero-order chi connectivity index (χ0) is 22.9. The fourth-order valence-electron chi connectivity index (χ4n) is 10.7. The lowest BCUT2D eigenvalue weighted by molar-refractivity contribution is -0.212. The van der Waals surface area contributed by atoms with Crippen LogP contribution in [0.2, 0.25) is 0 Å². The maximum absolute atomic E-state index is 4.67. The first-order chi connectivity index (χ1) is 15.1. The van der Waals surface area contributed by atoms with Crippen LogP contribution < -0.4 is 0 Å². The van der Waals surface area contributed by atoms with Crippen LogP contribution in [-0.4, -0.2) is 19.0 Å². The van der Waals surface area contributed by atoms with Crippen molar-refractivity contribution in [2.24, 2.45) is 45.3 Å². The molecule has 1 heteroatoms. The van der Waals surface area contributed by atoms with Crippen LogP contribution >= 0.6 is 0 Å². The zero-order valence-corrected chi connectivity index (χ0v) is 22.0. The maximum Gasteiger partial charge on any atom is 0.0128 e.